The molecule has 2 fully saturated rings. The number of morpholine rings is 1. The highest BCUT2D eigenvalue weighted by Crippen LogP contribution is 2.22. The second kappa shape index (κ2) is 8.15. The zero-order valence-electron chi connectivity index (χ0n) is 13.9. The number of hydrogen-bond donors (Lipinski definition) is 2. The van der Waals surface area contributed by atoms with Crippen molar-refractivity contribution in [2.45, 2.75) is 19.3 Å². The van der Waals surface area contributed by atoms with Gasteiger partial charge in [0.15, 0.2) is 0 Å². The highest BCUT2D eigenvalue weighted by atomic mass is 16.5. The van der Waals surface area contributed by atoms with E-state index in [1.807, 2.05) is 12.1 Å². The SMILES string of the molecule is O=C1CC(C(=O)NCCc2ccccc2N2CCOCC2)CCN1. The third-order valence-corrected chi connectivity index (χ3v) is 4.65. The van der Waals surface area contributed by atoms with E-state index in [1.54, 1.807) is 0 Å². The molecule has 24 heavy (non-hydrogen) atoms. The van der Waals surface area contributed by atoms with Crippen LogP contribution in [0.15, 0.2) is 24.3 Å². The van der Waals surface area contributed by atoms with Gasteiger partial charge in [-0.3, -0.25) is 9.59 Å². The average Bonchev–Trinajstić information content (AvgIpc) is 2.63. The molecule has 2 saturated heterocycles. The van der Waals surface area contributed by atoms with Crippen LogP contribution in [0.4, 0.5) is 5.69 Å². The van der Waals surface area contributed by atoms with Crippen molar-refractivity contribution in [2.24, 2.45) is 5.92 Å². The zero-order valence-corrected chi connectivity index (χ0v) is 13.9. The molecule has 0 aliphatic carbocycles. The first-order valence-electron chi connectivity index (χ1n) is 8.69. The van der Waals surface area contributed by atoms with Gasteiger partial charge in [0.05, 0.1) is 13.2 Å². The molecular weight excluding hydrogens is 306 g/mol. The molecule has 1 atom stereocenters. The molecule has 130 valence electrons. The minimum absolute atomic E-state index is 0.00583. The van der Waals surface area contributed by atoms with E-state index in [1.165, 1.54) is 11.3 Å². The van der Waals surface area contributed by atoms with Gasteiger partial charge >= 0.3 is 0 Å². The Bertz CT molecular complexity index is 585. The van der Waals surface area contributed by atoms with Crippen LogP contribution in [0.2, 0.25) is 0 Å². The fraction of sp³-hybridized carbons (Fsp3) is 0.556. The fourth-order valence-electron chi connectivity index (χ4n) is 3.31. The quantitative estimate of drug-likeness (QED) is 0.834. The van der Waals surface area contributed by atoms with E-state index < -0.39 is 0 Å². The van der Waals surface area contributed by atoms with Crippen LogP contribution in [0.1, 0.15) is 18.4 Å². The van der Waals surface area contributed by atoms with Gasteiger partial charge in [-0.1, -0.05) is 18.2 Å². The summed E-state index contributed by atoms with van der Waals surface area (Å²) in [5.41, 5.74) is 2.47. The number of ether oxygens (including phenoxy) is 1. The van der Waals surface area contributed by atoms with Crippen LogP contribution in [0.3, 0.4) is 0 Å². The molecule has 0 spiro atoms. The van der Waals surface area contributed by atoms with E-state index in [4.69, 9.17) is 4.74 Å². The van der Waals surface area contributed by atoms with Gasteiger partial charge in [-0.2, -0.15) is 0 Å². The van der Waals surface area contributed by atoms with Crippen molar-refractivity contribution < 1.29 is 14.3 Å². The number of nitrogens with zero attached hydrogens (tertiary/aromatic N) is 1. The number of amides is 2. The summed E-state index contributed by atoms with van der Waals surface area (Å²) in [6.45, 7) is 4.51. The molecule has 2 N–H and O–H groups in total. The summed E-state index contributed by atoms with van der Waals surface area (Å²) in [5.74, 6) is -0.221. The molecule has 3 rings (SSSR count). The maximum atomic E-state index is 12.2. The van der Waals surface area contributed by atoms with Crippen LogP contribution in [0.25, 0.3) is 0 Å². The van der Waals surface area contributed by atoms with E-state index in [0.29, 0.717) is 19.5 Å². The smallest absolute Gasteiger partial charge is 0.223 e. The first-order chi connectivity index (χ1) is 11.7. The highest BCUT2D eigenvalue weighted by molar-refractivity contribution is 5.86. The Hall–Kier alpha value is -2.08. The van der Waals surface area contributed by atoms with Crippen LogP contribution < -0.4 is 15.5 Å². The molecular formula is C18H25N3O3. The zero-order chi connectivity index (χ0) is 16.8. The Morgan fingerprint density at radius 3 is 2.88 bits per heavy atom. The van der Waals surface area contributed by atoms with Gasteiger partial charge in [0.2, 0.25) is 11.8 Å². The number of carbonyl (C=O) groups is 2. The molecule has 0 bridgehead atoms. The lowest BCUT2D eigenvalue weighted by molar-refractivity contribution is -0.132. The predicted molar refractivity (Wildman–Crippen MR) is 91.9 cm³/mol. The van der Waals surface area contributed by atoms with Gasteiger partial charge in [-0.05, 0) is 24.5 Å². The van der Waals surface area contributed by atoms with E-state index in [-0.39, 0.29) is 17.7 Å². The van der Waals surface area contributed by atoms with Gasteiger partial charge < -0.3 is 20.3 Å². The number of para-hydroxylation sites is 1. The Morgan fingerprint density at radius 1 is 1.29 bits per heavy atom. The molecule has 6 nitrogen and oxygen atoms in total. The van der Waals surface area contributed by atoms with Crippen molar-refractivity contribution in [3.05, 3.63) is 29.8 Å². The van der Waals surface area contributed by atoms with Crippen LogP contribution in [-0.4, -0.2) is 51.2 Å². The number of hydrogen-bond acceptors (Lipinski definition) is 4. The summed E-state index contributed by atoms with van der Waals surface area (Å²) in [7, 11) is 0. The van der Waals surface area contributed by atoms with E-state index in [9.17, 15) is 9.59 Å². The van der Waals surface area contributed by atoms with Crippen LogP contribution in [0.5, 0.6) is 0 Å². The van der Waals surface area contributed by atoms with E-state index >= 15 is 0 Å². The Labute approximate surface area is 142 Å². The number of carbonyl (C=O) groups excluding carboxylic acids is 2. The monoisotopic (exact) mass is 331 g/mol. The summed E-state index contributed by atoms with van der Waals surface area (Å²) < 4.78 is 5.42. The van der Waals surface area contributed by atoms with Crippen molar-refractivity contribution in [3.8, 4) is 0 Å². The maximum absolute atomic E-state index is 12.2. The van der Waals surface area contributed by atoms with Gasteiger partial charge in [0.25, 0.3) is 0 Å². The standard InChI is InChI=1S/C18H25N3O3/c22-17-13-15(6-7-19-17)18(23)20-8-5-14-3-1-2-4-16(14)21-9-11-24-12-10-21/h1-4,15H,5-13H2,(H,19,22)(H,20,23). The minimum atomic E-state index is -0.187. The Kier molecular flexibility index (Phi) is 5.69. The Morgan fingerprint density at radius 2 is 2.08 bits per heavy atom. The first-order valence-corrected chi connectivity index (χ1v) is 8.69. The number of piperidine rings is 1. The third kappa shape index (κ3) is 4.26. The number of benzene rings is 1. The highest BCUT2D eigenvalue weighted by Gasteiger charge is 2.25. The summed E-state index contributed by atoms with van der Waals surface area (Å²) in [6.07, 6.45) is 1.82. The third-order valence-electron chi connectivity index (χ3n) is 4.65. The molecule has 2 aliphatic heterocycles. The van der Waals surface area contributed by atoms with Gasteiger partial charge in [-0.25, -0.2) is 0 Å². The van der Waals surface area contributed by atoms with Crippen LogP contribution in [-0.2, 0) is 20.7 Å². The van der Waals surface area contributed by atoms with Gasteiger partial charge in [0, 0.05) is 44.2 Å². The summed E-state index contributed by atoms with van der Waals surface area (Å²) in [6, 6.07) is 8.33. The molecule has 2 amide bonds. The van der Waals surface area contributed by atoms with Crippen molar-refractivity contribution in [1.82, 2.24) is 10.6 Å². The molecule has 1 unspecified atom stereocenters. The van der Waals surface area contributed by atoms with Crippen LogP contribution in [0, 0.1) is 5.92 Å². The minimum Gasteiger partial charge on any atom is -0.378 e. The van der Waals surface area contributed by atoms with Crippen molar-refractivity contribution in [3.63, 3.8) is 0 Å². The van der Waals surface area contributed by atoms with Gasteiger partial charge in [0.1, 0.15) is 0 Å². The predicted octanol–water partition coefficient (Wildman–Crippen LogP) is 0.708. The number of nitrogens with one attached hydrogen (secondary N) is 2. The Balaban J connectivity index is 1.53. The average molecular weight is 331 g/mol. The lowest BCUT2D eigenvalue weighted by atomic mass is 9.96. The van der Waals surface area contributed by atoms with E-state index in [0.717, 1.165) is 39.1 Å². The summed E-state index contributed by atoms with van der Waals surface area (Å²) in [5, 5.41) is 5.75. The molecule has 2 heterocycles. The lowest BCUT2D eigenvalue weighted by Crippen LogP contribution is -2.41. The second-order valence-electron chi connectivity index (χ2n) is 6.31. The first kappa shape index (κ1) is 16.8. The van der Waals surface area contributed by atoms with Gasteiger partial charge in [-0.15, -0.1) is 0 Å². The lowest BCUT2D eigenvalue weighted by Gasteiger charge is -2.30. The second-order valence-corrected chi connectivity index (χ2v) is 6.31. The van der Waals surface area contributed by atoms with Crippen molar-refractivity contribution in [2.75, 3.05) is 44.3 Å². The molecule has 1 aromatic rings. The number of rotatable bonds is 5. The van der Waals surface area contributed by atoms with E-state index in [2.05, 4.69) is 27.7 Å². The summed E-state index contributed by atoms with van der Waals surface area (Å²) >= 11 is 0. The van der Waals surface area contributed by atoms with Crippen molar-refractivity contribution in [1.29, 1.82) is 0 Å². The normalized spacial score (nSPS) is 21.2. The molecule has 6 heteroatoms. The van der Waals surface area contributed by atoms with Crippen LogP contribution >= 0.6 is 0 Å². The summed E-state index contributed by atoms with van der Waals surface area (Å²) in [4.78, 5) is 25.9. The molecule has 0 aromatic heterocycles. The molecule has 2 aliphatic rings. The molecule has 0 radical (unpaired) electrons. The van der Waals surface area contributed by atoms with Crippen molar-refractivity contribution >= 4 is 17.5 Å². The molecule has 1 aromatic carbocycles. The fourth-order valence-corrected chi connectivity index (χ4v) is 3.31. The topological polar surface area (TPSA) is 70.7 Å². The molecule has 0 saturated carbocycles. The number of anilines is 1. The largest absolute Gasteiger partial charge is 0.378 e. The maximum Gasteiger partial charge on any atom is 0.223 e.